The second kappa shape index (κ2) is 8.13. The molecule has 1 aliphatic heterocycles. The van der Waals surface area contributed by atoms with Crippen LogP contribution in [0.25, 0.3) is 44.8 Å². The van der Waals surface area contributed by atoms with Crippen LogP contribution in [-0.4, -0.2) is 58.1 Å². The molecule has 0 amide bonds. The first kappa shape index (κ1) is 21.7. The first-order valence-electron chi connectivity index (χ1n) is 11.4. The number of aromatic nitrogens is 4. The van der Waals surface area contributed by atoms with E-state index in [2.05, 4.69) is 43.9 Å². The number of hydrogen-bond donors (Lipinski definition) is 2. The van der Waals surface area contributed by atoms with Crippen LogP contribution < -0.4 is 4.90 Å². The van der Waals surface area contributed by atoms with Gasteiger partial charge in [0.1, 0.15) is 11.6 Å². The zero-order valence-electron chi connectivity index (χ0n) is 19.0. The number of hydrogen-bond acceptors (Lipinski definition) is 4. The summed E-state index contributed by atoms with van der Waals surface area (Å²) in [5.41, 5.74) is 5.40. The van der Waals surface area contributed by atoms with E-state index in [1.807, 2.05) is 24.3 Å². The highest BCUT2D eigenvalue weighted by Crippen LogP contribution is 2.32. The molecule has 0 aliphatic carbocycles. The number of likely N-dealkylation sites (N-methyl/N-ethyl adjacent to an activating group) is 1. The zero-order valence-corrected chi connectivity index (χ0v) is 19.0. The SMILES string of the molecule is CN1CCN(c2ccc3nc(-c4ccc5nc(-c6ccc(C(F)(F)F)cc6)[nH]c5c4)[nH]c3c2)CC1. The number of nitrogens with one attached hydrogen (secondary N) is 2. The number of benzene rings is 3. The summed E-state index contributed by atoms with van der Waals surface area (Å²) in [5, 5.41) is 0. The molecule has 0 saturated carbocycles. The number of halogens is 3. The second-order valence-electron chi connectivity index (χ2n) is 8.97. The lowest BCUT2D eigenvalue weighted by molar-refractivity contribution is -0.137. The number of alkyl halides is 3. The van der Waals surface area contributed by atoms with E-state index in [0.29, 0.717) is 11.4 Å². The van der Waals surface area contributed by atoms with Crippen molar-refractivity contribution in [1.29, 1.82) is 0 Å². The van der Waals surface area contributed by atoms with Crippen molar-refractivity contribution < 1.29 is 13.2 Å². The van der Waals surface area contributed by atoms with Gasteiger partial charge in [0.25, 0.3) is 0 Å². The molecular weight excluding hydrogens is 453 g/mol. The quantitative estimate of drug-likeness (QED) is 0.359. The maximum Gasteiger partial charge on any atom is 0.416 e. The fourth-order valence-corrected chi connectivity index (χ4v) is 4.51. The average molecular weight is 477 g/mol. The molecule has 1 fully saturated rings. The summed E-state index contributed by atoms with van der Waals surface area (Å²) >= 11 is 0. The smallest absolute Gasteiger partial charge is 0.369 e. The van der Waals surface area contributed by atoms with Crippen molar-refractivity contribution in [2.45, 2.75) is 6.18 Å². The summed E-state index contributed by atoms with van der Waals surface area (Å²) < 4.78 is 38.6. The number of aromatic amines is 2. The summed E-state index contributed by atoms with van der Waals surface area (Å²) in [7, 11) is 2.14. The Labute approximate surface area is 199 Å². The minimum Gasteiger partial charge on any atom is -0.369 e. The Morgan fingerprint density at radius 3 is 1.94 bits per heavy atom. The fourth-order valence-electron chi connectivity index (χ4n) is 4.51. The lowest BCUT2D eigenvalue weighted by atomic mass is 10.1. The predicted molar refractivity (Wildman–Crippen MR) is 131 cm³/mol. The third-order valence-electron chi connectivity index (χ3n) is 6.57. The van der Waals surface area contributed by atoms with E-state index in [1.54, 1.807) is 0 Å². The molecule has 35 heavy (non-hydrogen) atoms. The van der Waals surface area contributed by atoms with E-state index < -0.39 is 11.7 Å². The molecule has 0 radical (unpaired) electrons. The minimum absolute atomic E-state index is 0.521. The summed E-state index contributed by atoms with van der Waals surface area (Å²) in [4.78, 5) is 20.7. The van der Waals surface area contributed by atoms with E-state index in [1.165, 1.54) is 17.8 Å². The number of rotatable bonds is 3. The summed E-state index contributed by atoms with van der Waals surface area (Å²) in [6, 6.07) is 17.1. The monoisotopic (exact) mass is 476 g/mol. The summed E-state index contributed by atoms with van der Waals surface area (Å²) in [6.45, 7) is 4.09. The van der Waals surface area contributed by atoms with Crippen molar-refractivity contribution in [3.8, 4) is 22.8 Å². The van der Waals surface area contributed by atoms with Crippen LogP contribution in [-0.2, 0) is 6.18 Å². The molecule has 178 valence electrons. The van der Waals surface area contributed by atoms with Gasteiger partial charge in [-0.1, -0.05) is 12.1 Å². The second-order valence-corrected chi connectivity index (χ2v) is 8.97. The van der Waals surface area contributed by atoms with Gasteiger partial charge >= 0.3 is 6.18 Å². The van der Waals surface area contributed by atoms with Gasteiger partial charge < -0.3 is 19.8 Å². The van der Waals surface area contributed by atoms with Crippen LogP contribution >= 0.6 is 0 Å². The Kier molecular flexibility index (Phi) is 5.03. The topological polar surface area (TPSA) is 63.8 Å². The first-order valence-corrected chi connectivity index (χ1v) is 11.4. The largest absolute Gasteiger partial charge is 0.416 e. The van der Waals surface area contributed by atoms with Crippen LogP contribution in [0.5, 0.6) is 0 Å². The number of nitrogens with zero attached hydrogens (tertiary/aromatic N) is 4. The molecule has 1 saturated heterocycles. The summed E-state index contributed by atoms with van der Waals surface area (Å²) in [5.74, 6) is 1.27. The minimum atomic E-state index is -4.36. The number of imidazole rings is 2. The van der Waals surface area contributed by atoms with Crippen molar-refractivity contribution in [3.05, 3.63) is 66.2 Å². The molecule has 1 aliphatic rings. The lowest BCUT2D eigenvalue weighted by Crippen LogP contribution is -2.44. The molecule has 6 rings (SSSR count). The Morgan fingerprint density at radius 1 is 0.714 bits per heavy atom. The van der Waals surface area contributed by atoms with Gasteiger partial charge in [-0.25, -0.2) is 9.97 Å². The zero-order chi connectivity index (χ0) is 24.2. The maximum absolute atomic E-state index is 12.9. The maximum atomic E-state index is 12.9. The predicted octanol–water partition coefficient (Wildman–Crippen LogP) is 5.54. The molecule has 2 aromatic heterocycles. The van der Waals surface area contributed by atoms with Crippen LogP contribution in [0.3, 0.4) is 0 Å². The highest BCUT2D eigenvalue weighted by atomic mass is 19.4. The van der Waals surface area contributed by atoms with E-state index in [-0.39, 0.29) is 0 Å². The van der Waals surface area contributed by atoms with Crippen LogP contribution in [0.2, 0.25) is 0 Å². The van der Waals surface area contributed by atoms with E-state index in [0.717, 1.165) is 71.8 Å². The molecule has 0 atom stereocenters. The lowest BCUT2D eigenvalue weighted by Gasteiger charge is -2.34. The van der Waals surface area contributed by atoms with Gasteiger partial charge in [-0.2, -0.15) is 13.2 Å². The number of anilines is 1. The van der Waals surface area contributed by atoms with Gasteiger partial charge in [0, 0.05) is 43.0 Å². The van der Waals surface area contributed by atoms with Crippen molar-refractivity contribution in [2.24, 2.45) is 0 Å². The highest BCUT2D eigenvalue weighted by molar-refractivity contribution is 5.87. The molecular formula is C26H23F3N6. The number of H-pyrrole nitrogens is 2. The molecule has 0 bridgehead atoms. The van der Waals surface area contributed by atoms with E-state index in [9.17, 15) is 13.2 Å². The van der Waals surface area contributed by atoms with E-state index >= 15 is 0 Å². The van der Waals surface area contributed by atoms with Gasteiger partial charge in [0.15, 0.2) is 0 Å². The van der Waals surface area contributed by atoms with Crippen LogP contribution in [0.1, 0.15) is 5.56 Å². The molecule has 6 nitrogen and oxygen atoms in total. The van der Waals surface area contributed by atoms with Gasteiger partial charge in [-0.3, -0.25) is 0 Å². The van der Waals surface area contributed by atoms with Gasteiger partial charge in [0.2, 0.25) is 0 Å². The van der Waals surface area contributed by atoms with Crippen molar-refractivity contribution in [1.82, 2.24) is 24.8 Å². The number of fused-ring (bicyclic) bond motifs is 2. The molecule has 3 aromatic carbocycles. The van der Waals surface area contributed by atoms with Crippen LogP contribution in [0.4, 0.5) is 18.9 Å². The fraction of sp³-hybridized carbons (Fsp3) is 0.231. The number of piperazine rings is 1. The third kappa shape index (κ3) is 4.12. The van der Waals surface area contributed by atoms with Gasteiger partial charge in [0.05, 0.1) is 27.6 Å². The van der Waals surface area contributed by atoms with Gasteiger partial charge in [-0.15, -0.1) is 0 Å². The molecule has 2 N–H and O–H groups in total. The molecule has 0 unspecified atom stereocenters. The first-order chi connectivity index (χ1) is 16.8. The normalized spacial score (nSPS) is 15.4. The summed E-state index contributed by atoms with van der Waals surface area (Å²) in [6.07, 6.45) is -4.36. The Bertz CT molecular complexity index is 1510. The molecule has 3 heterocycles. The van der Waals surface area contributed by atoms with Crippen LogP contribution in [0, 0.1) is 0 Å². The Morgan fingerprint density at radius 2 is 1.29 bits per heavy atom. The van der Waals surface area contributed by atoms with Gasteiger partial charge in [-0.05, 0) is 55.6 Å². The Balaban J connectivity index is 1.29. The van der Waals surface area contributed by atoms with Crippen molar-refractivity contribution in [2.75, 3.05) is 38.1 Å². The standard InChI is InChI=1S/C26H23F3N6/c1-34-10-12-35(13-11-34)19-7-9-21-23(15-19)33-25(31-21)17-4-8-20-22(14-17)32-24(30-20)16-2-5-18(6-3-16)26(27,28)29/h2-9,14-15H,10-13H2,1H3,(H,30,32)(H,31,33). The molecule has 9 heteroatoms. The third-order valence-corrected chi connectivity index (χ3v) is 6.57. The Hall–Kier alpha value is -3.85. The highest BCUT2D eigenvalue weighted by Gasteiger charge is 2.30. The average Bonchev–Trinajstić information content (AvgIpc) is 3.47. The molecule has 5 aromatic rings. The van der Waals surface area contributed by atoms with Crippen molar-refractivity contribution >= 4 is 27.8 Å². The van der Waals surface area contributed by atoms with E-state index in [4.69, 9.17) is 4.98 Å². The van der Waals surface area contributed by atoms with Crippen molar-refractivity contribution in [3.63, 3.8) is 0 Å². The molecule has 0 spiro atoms. The van der Waals surface area contributed by atoms with Crippen LogP contribution in [0.15, 0.2) is 60.7 Å².